The molecule has 2 rings (SSSR count). The van der Waals surface area contributed by atoms with Crippen LogP contribution in [-0.4, -0.2) is 4.92 Å². The molecule has 0 bridgehead atoms. The second-order valence-electron chi connectivity index (χ2n) is 3.66. The first-order chi connectivity index (χ1) is 9.10. The summed E-state index contributed by atoms with van der Waals surface area (Å²) in [5, 5.41) is 22.7. The van der Waals surface area contributed by atoms with Crippen molar-refractivity contribution in [3.05, 3.63) is 55.2 Å². The molecule has 1 heterocycles. The number of benzene rings is 1. The van der Waals surface area contributed by atoms with Crippen molar-refractivity contribution < 1.29 is 4.92 Å². The number of thiophene rings is 1. The molecule has 1 aromatic carbocycles. The Morgan fingerprint density at radius 3 is 2.79 bits per heavy atom. The molecule has 0 spiro atoms. The van der Waals surface area contributed by atoms with Gasteiger partial charge in [0, 0.05) is 23.6 Å². The van der Waals surface area contributed by atoms with Crippen LogP contribution in [0.15, 0.2) is 30.3 Å². The van der Waals surface area contributed by atoms with Crippen LogP contribution in [0.2, 0.25) is 4.34 Å². The van der Waals surface area contributed by atoms with E-state index in [4.69, 9.17) is 16.9 Å². The van der Waals surface area contributed by atoms with Gasteiger partial charge in [0.25, 0.3) is 5.69 Å². The van der Waals surface area contributed by atoms with Crippen LogP contribution in [0.1, 0.15) is 10.4 Å². The molecule has 19 heavy (non-hydrogen) atoms. The lowest BCUT2D eigenvalue weighted by Crippen LogP contribution is -2.00. The Hall–Kier alpha value is -2.10. The van der Waals surface area contributed by atoms with Gasteiger partial charge in [-0.1, -0.05) is 11.6 Å². The summed E-state index contributed by atoms with van der Waals surface area (Å²) in [5.41, 5.74) is 0.718. The van der Waals surface area contributed by atoms with Gasteiger partial charge in [-0.25, -0.2) is 0 Å². The van der Waals surface area contributed by atoms with Crippen molar-refractivity contribution in [2.45, 2.75) is 6.54 Å². The summed E-state index contributed by atoms with van der Waals surface area (Å²) in [4.78, 5) is 11.1. The van der Waals surface area contributed by atoms with Gasteiger partial charge in [0.2, 0.25) is 0 Å². The number of nitro groups is 1. The van der Waals surface area contributed by atoms with Crippen molar-refractivity contribution in [3.8, 4) is 6.07 Å². The maximum Gasteiger partial charge on any atom is 0.270 e. The highest BCUT2D eigenvalue weighted by atomic mass is 35.5. The highest BCUT2D eigenvalue weighted by molar-refractivity contribution is 7.16. The average molecular weight is 294 g/mol. The number of non-ortho nitro benzene ring substituents is 1. The highest BCUT2D eigenvalue weighted by Gasteiger charge is 2.10. The zero-order valence-electron chi connectivity index (χ0n) is 9.59. The zero-order chi connectivity index (χ0) is 13.8. The van der Waals surface area contributed by atoms with Crippen molar-refractivity contribution in [1.82, 2.24) is 0 Å². The maximum atomic E-state index is 10.6. The summed E-state index contributed by atoms with van der Waals surface area (Å²) in [6, 6.07) is 9.78. The summed E-state index contributed by atoms with van der Waals surface area (Å²) < 4.78 is 0.695. The Kier molecular flexibility index (Phi) is 4.00. The van der Waals surface area contributed by atoms with Crippen LogP contribution >= 0.6 is 22.9 Å². The lowest BCUT2D eigenvalue weighted by Gasteiger charge is -2.06. The van der Waals surface area contributed by atoms with Crippen molar-refractivity contribution >= 4 is 34.3 Å². The minimum atomic E-state index is -0.524. The predicted molar refractivity (Wildman–Crippen MR) is 74.5 cm³/mol. The number of hydrogen-bond acceptors (Lipinski definition) is 5. The van der Waals surface area contributed by atoms with E-state index in [0.29, 0.717) is 16.6 Å². The van der Waals surface area contributed by atoms with E-state index in [1.54, 1.807) is 6.07 Å². The topological polar surface area (TPSA) is 79.0 Å². The highest BCUT2D eigenvalue weighted by Crippen LogP contribution is 2.25. The number of nitrogens with zero attached hydrogens (tertiary/aromatic N) is 2. The molecule has 0 aliphatic heterocycles. The van der Waals surface area contributed by atoms with Crippen molar-refractivity contribution in [2.75, 3.05) is 5.32 Å². The van der Waals surface area contributed by atoms with E-state index in [1.807, 2.05) is 12.1 Å². The number of hydrogen-bond donors (Lipinski definition) is 1. The van der Waals surface area contributed by atoms with Gasteiger partial charge >= 0.3 is 0 Å². The Balaban J connectivity index is 2.16. The van der Waals surface area contributed by atoms with Gasteiger partial charge in [-0.2, -0.15) is 5.26 Å². The summed E-state index contributed by atoms with van der Waals surface area (Å²) >= 11 is 7.26. The standard InChI is InChI=1S/C12H8ClN3O2S/c13-12-4-2-10(19-12)7-15-11-3-1-9(16(17)18)5-8(11)6-14/h1-5,15H,7H2. The molecule has 0 aliphatic rings. The lowest BCUT2D eigenvalue weighted by atomic mass is 10.1. The van der Waals surface area contributed by atoms with Crippen LogP contribution in [0.4, 0.5) is 11.4 Å². The fraction of sp³-hybridized carbons (Fsp3) is 0.0833. The number of nitriles is 1. The van der Waals surface area contributed by atoms with E-state index < -0.39 is 4.92 Å². The van der Waals surface area contributed by atoms with Gasteiger partial charge in [-0.15, -0.1) is 11.3 Å². The summed E-state index contributed by atoms with van der Waals surface area (Å²) in [6.07, 6.45) is 0. The monoisotopic (exact) mass is 293 g/mol. The van der Waals surface area contributed by atoms with Gasteiger partial charge in [0.15, 0.2) is 0 Å². The molecule has 0 radical (unpaired) electrons. The SMILES string of the molecule is N#Cc1cc([N+](=O)[O-])ccc1NCc1ccc(Cl)s1. The molecule has 0 atom stereocenters. The molecule has 0 fully saturated rings. The predicted octanol–water partition coefficient (Wildman–Crippen LogP) is 3.79. The first-order valence-corrected chi connectivity index (χ1v) is 6.46. The fourth-order valence-electron chi connectivity index (χ4n) is 1.52. The molecule has 5 nitrogen and oxygen atoms in total. The summed E-state index contributed by atoms with van der Waals surface area (Å²) in [6.45, 7) is 0.518. The molecule has 1 N–H and O–H groups in total. The van der Waals surface area contributed by atoms with Gasteiger partial charge in [0.05, 0.1) is 20.5 Å². The van der Waals surface area contributed by atoms with E-state index in [2.05, 4.69) is 5.32 Å². The minimum absolute atomic E-state index is 0.0960. The Morgan fingerprint density at radius 2 is 2.21 bits per heavy atom. The number of nitrogens with one attached hydrogen (secondary N) is 1. The fourth-order valence-corrected chi connectivity index (χ4v) is 2.55. The Morgan fingerprint density at radius 1 is 1.42 bits per heavy atom. The van der Waals surface area contributed by atoms with Gasteiger partial charge in [-0.3, -0.25) is 10.1 Å². The number of nitro benzene ring substituents is 1. The molecule has 7 heteroatoms. The molecule has 0 amide bonds. The molecular formula is C12H8ClN3O2S. The molecule has 0 saturated carbocycles. The van der Waals surface area contributed by atoms with Crippen LogP contribution in [0.5, 0.6) is 0 Å². The molecule has 1 aromatic heterocycles. The van der Waals surface area contributed by atoms with Crippen molar-refractivity contribution in [3.63, 3.8) is 0 Å². The van der Waals surface area contributed by atoms with E-state index in [1.165, 1.54) is 29.5 Å². The third-order valence-corrected chi connectivity index (χ3v) is 3.65. The van der Waals surface area contributed by atoms with E-state index in [9.17, 15) is 10.1 Å². The van der Waals surface area contributed by atoms with Crippen molar-refractivity contribution in [2.24, 2.45) is 0 Å². The second kappa shape index (κ2) is 5.69. The van der Waals surface area contributed by atoms with E-state index in [-0.39, 0.29) is 11.3 Å². The Labute approximate surface area is 118 Å². The molecule has 0 saturated heterocycles. The smallest absolute Gasteiger partial charge is 0.270 e. The summed E-state index contributed by atoms with van der Waals surface area (Å²) in [7, 11) is 0. The van der Waals surface area contributed by atoms with Gasteiger partial charge < -0.3 is 5.32 Å². The molecule has 2 aromatic rings. The van der Waals surface area contributed by atoms with Gasteiger partial charge in [-0.05, 0) is 18.2 Å². The molecule has 0 unspecified atom stereocenters. The van der Waals surface area contributed by atoms with Crippen LogP contribution in [-0.2, 0) is 6.54 Å². The molecule has 0 aliphatic carbocycles. The number of rotatable bonds is 4. The maximum absolute atomic E-state index is 10.6. The third-order valence-electron chi connectivity index (χ3n) is 2.42. The van der Waals surface area contributed by atoms with Crippen LogP contribution in [0.25, 0.3) is 0 Å². The number of anilines is 1. The average Bonchev–Trinajstić information content (AvgIpc) is 2.81. The van der Waals surface area contributed by atoms with Crippen LogP contribution < -0.4 is 5.32 Å². The van der Waals surface area contributed by atoms with Crippen LogP contribution in [0, 0.1) is 21.4 Å². The van der Waals surface area contributed by atoms with Crippen LogP contribution in [0.3, 0.4) is 0 Å². The van der Waals surface area contributed by atoms with E-state index in [0.717, 1.165) is 4.88 Å². The Bertz CT molecular complexity index is 663. The first kappa shape index (κ1) is 13.3. The number of halogens is 1. The molecule has 96 valence electrons. The first-order valence-electron chi connectivity index (χ1n) is 5.27. The summed E-state index contributed by atoms with van der Waals surface area (Å²) in [5.74, 6) is 0. The lowest BCUT2D eigenvalue weighted by molar-refractivity contribution is -0.384. The second-order valence-corrected chi connectivity index (χ2v) is 5.46. The third kappa shape index (κ3) is 3.22. The quantitative estimate of drug-likeness (QED) is 0.687. The largest absolute Gasteiger partial charge is 0.379 e. The minimum Gasteiger partial charge on any atom is -0.379 e. The zero-order valence-corrected chi connectivity index (χ0v) is 11.2. The van der Waals surface area contributed by atoms with E-state index >= 15 is 0 Å². The normalized spacial score (nSPS) is 9.89. The van der Waals surface area contributed by atoms with Crippen molar-refractivity contribution in [1.29, 1.82) is 5.26 Å². The molecular weight excluding hydrogens is 286 g/mol. The van der Waals surface area contributed by atoms with Gasteiger partial charge in [0.1, 0.15) is 6.07 Å².